The summed E-state index contributed by atoms with van der Waals surface area (Å²) < 4.78 is 0. The molecule has 0 aliphatic carbocycles. The van der Waals surface area contributed by atoms with E-state index in [0.717, 1.165) is 27.6 Å². The van der Waals surface area contributed by atoms with Crippen LogP contribution in [0.25, 0.3) is 0 Å². The Morgan fingerprint density at radius 2 is 1.32 bits per heavy atom. The lowest BCUT2D eigenvalue weighted by Crippen LogP contribution is -2.06. The fraction of sp³-hybridized carbons (Fsp3) is 0.250. The zero-order chi connectivity index (χ0) is 14.0. The molecule has 0 saturated heterocycles. The summed E-state index contributed by atoms with van der Waals surface area (Å²) in [6, 6.07) is 11.1. The van der Waals surface area contributed by atoms with Crippen LogP contribution in [0.4, 0.5) is 0 Å². The second kappa shape index (κ2) is 5.66. The van der Waals surface area contributed by atoms with E-state index < -0.39 is 0 Å². The highest BCUT2D eigenvalue weighted by atomic mass is 79.9. The van der Waals surface area contributed by atoms with Crippen molar-refractivity contribution in [3.63, 3.8) is 0 Å². The summed E-state index contributed by atoms with van der Waals surface area (Å²) in [5.41, 5.74) is 3.92. The molecule has 0 saturated carbocycles. The lowest BCUT2D eigenvalue weighted by atomic mass is 9.87. The molecule has 3 heteroatoms. The number of alkyl halides is 1. The van der Waals surface area contributed by atoms with Crippen LogP contribution in [0, 0.1) is 13.8 Å². The minimum atomic E-state index is 0.110. The van der Waals surface area contributed by atoms with E-state index in [4.69, 9.17) is 0 Å². The van der Waals surface area contributed by atoms with E-state index in [2.05, 4.69) is 15.9 Å². The number of rotatable bonds is 3. The van der Waals surface area contributed by atoms with Gasteiger partial charge in [0, 0.05) is 11.2 Å². The lowest BCUT2D eigenvalue weighted by Gasteiger charge is -2.20. The maximum Gasteiger partial charge on any atom is 0.118 e. The Morgan fingerprint density at radius 3 is 1.68 bits per heavy atom. The fourth-order valence-electron chi connectivity index (χ4n) is 2.37. The zero-order valence-electron chi connectivity index (χ0n) is 11.0. The number of benzene rings is 2. The Kier molecular flexibility index (Phi) is 4.15. The van der Waals surface area contributed by atoms with Crippen molar-refractivity contribution in [2.45, 2.75) is 19.8 Å². The Labute approximate surface area is 121 Å². The summed E-state index contributed by atoms with van der Waals surface area (Å²) in [5, 5.41) is 20.4. The van der Waals surface area contributed by atoms with Crippen molar-refractivity contribution in [3.8, 4) is 11.5 Å². The van der Waals surface area contributed by atoms with Crippen LogP contribution in [0.15, 0.2) is 36.4 Å². The number of aromatic hydroxyl groups is 2. The van der Waals surface area contributed by atoms with Crippen LogP contribution >= 0.6 is 15.9 Å². The third-order valence-electron chi connectivity index (χ3n) is 3.60. The molecule has 0 heterocycles. The van der Waals surface area contributed by atoms with E-state index in [1.165, 1.54) is 0 Å². The summed E-state index contributed by atoms with van der Waals surface area (Å²) in [5.74, 6) is 0.724. The first kappa shape index (κ1) is 13.9. The summed E-state index contributed by atoms with van der Waals surface area (Å²) in [6.07, 6.45) is 0. The lowest BCUT2D eigenvalue weighted by molar-refractivity contribution is 0.468. The minimum Gasteiger partial charge on any atom is -0.508 e. The van der Waals surface area contributed by atoms with Crippen molar-refractivity contribution in [2.75, 3.05) is 5.33 Å². The van der Waals surface area contributed by atoms with E-state index in [0.29, 0.717) is 11.5 Å². The molecule has 0 aliphatic heterocycles. The van der Waals surface area contributed by atoms with Gasteiger partial charge in [-0.15, -0.1) is 0 Å². The highest BCUT2D eigenvalue weighted by molar-refractivity contribution is 9.09. The van der Waals surface area contributed by atoms with Gasteiger partial charge in [0.05, 0.1) is 0 Å². The summed E-state index contributed by atoms with van der Waals surface area (Å²) in [6.45, 7) is 3.83. The molecule has 0 amide bonds. The minimum absolute atomic E-state index is 0.110. The Morgan fingerprint density at radius 1 is 0.895 bits per heavy atom. The quantitative estimate of drug-likeness (QED) is 0.830. The van der Waals surface area contributed by atoms with Crippen molar-refractivity contribution >= 4 is 15.9 Å². The van der Waals surface area contributed by atoms with Crippen molar-refractivity contribution in [2.24, 2.45) is 0 Å². The van der Waals surface area contributed by atoms with E-state index in [1.807, 2.05) is 38.1 Å². The number of halogens is 1. The van der Waals surface area contributed by atoms with Crippen molar-refractivity contribution < 1.29 is 10.2 Å². The number of hydrogen-bond donors (Lipinski definition) is 2. The van der Waals surface area contributed by atoms with Crippen LogP contribution in [-0.4, -0.2) is 15.5 Å². The number of hydrogen-bond acceptors (Lipinski definition) is 2. The largest absolute Gasteiger partial charge is 0.508 e. The molecule has 0 spiro atoms. The monoisotopic (exact) mass is 320 g/mol. The Bertz CT molecular complexity index is 542. The fourth-order valence-corrected chi connectivity index (χ4v) is 3.07. The molecule has 0 aromatic heterocycles. The first-order valence-corrected chi connectivity index (χ1v) is 7.31. The highest BCUT2D eigenvalue weighted by Gasteiger charge is 2.19. The molecule has 0 fully saturated rings. The summed E-state index contributed by atoms with van der Waals surface area (Å²) >= 11 is 3.54. The standard InChI is InChI=1S/C16H17BrO2/c1-10-12(5-3-7-15(10)18)14(9-17)13-6-4-8-16(19)11(13)2/h3-8,14,18-19H,9H2,1-2H3. The molecule has 0 aliphatic rings. The molecule has 0 bridgehead atoms. The molecule has 0 radical (unpaired) electrons. The third kappa shape index (κ3) is 2.61. The predicted octanol–water partition coefficient (Wildman–Crippen LogP) is 4.24. The smallest absolute Gasteiger partial charge is 0.118 e. The number of phenolic OH excluding ortho intramolecular Hbond substituents is 2. The molecule has 2 aromatic carbocycles. The van der Waals surface area contributed by atoms with E-state index >= 15 is 0 Å². The van der Waals surface area contributed by atoms with Crippen molar-refractivity contribution in [3.05, 3.63) is 58.7 Å². The normalized spacial score (nSPS) is 10.9. The summed E-state index contributed by atoms with van der Waals surface area (Å²) in [7, 11) is 0. The maximum atomic E-state index is 9.85. The van der Waals surface area contributed by atoms with Gasteiger partial charge in [-0.1, -0.05) is 40.2 Å². The van der Waals surface area contributed by atoms with Crippen LogP contribution < -0.4 is 0 Å². The van der Waals surface area contributed by atoms with Gasteiger partial charge < -0.3 is 10.2 Å². The van der Waals surface area contributed by atoms with Gasteiger partial charge in [-0.25, -0.2) is 0 Å². The molecule has 2 rings (SSSR count). The SMILES string of the molecule is Cc1c(O)cccc1C(CBr)c1cccc(O)c1C. The van der Waals surface area contributed by atoms with Gasteiger partial charge in [0.15, 0.2) is 0 Å². The second-order valence-electron chi connectivity index (χ2n) is 4.69. The van der Waals surface area contributed by atoms with E-state index in [1.54, 1.807) is 12.1 Å². The van der Waals surface area contributed by atoms with Gasteiger partial charge >= 0.3 is 0 Å². The Hall–Kier alpha value is -1.48. The predicted molar refractivity (Wildman–Crippen MR) is 81.3 cm³/mol. The van der Waals surface area contributed by atoms with Crippen LogP contribution in [0.3, 0.4) is 0 Å². The van der Waals surface area contributed by atoms with Gasteiger partial charge in [0.1, 0.15) is 11.5 Å². The average Bonchev–Trinajstić information content (AvgIpc) is 2.40. The second-order valence-corrected chi connectivity index (χ2v) is 5.34. The molecule has 0 unspecified atom stereocenters. The molecule has 2 N–H and O–H groups in total. The number of phenols is 2. The maximum absolute atomic E-state index is 9.85. The molecule has 2 nitrogen and oxygen atoms in total. The summed E-state index contributed by atoms with van der Waals surface area (Å²) in [4.78, 5) is 0. The van der Waals surface area contributed by atoms with Gasteiger partial charge in [0.2, 0.25) is 0 Å². The molecule has 100 valence electrons. The van der Waals surface area contributed by atoms with Gasteiger partial charge in [-0.3, -0.25) is 0 Å². The molecular weight excluding hydrogens is 304 g/mol. The molecule has 2 aromatic rings. The molecule has 19 heavy (non-hydrogen) atoms. The molecule has 0 atom stereocenters. The van der Waals surface area contributed by atoms with E-state index in [-0.39, 0.29) is 5.92 Å². The molecular formula is C16H17BrO2. The van der Waals surface area contributed by atoms with Crippen LogP contribution in [0.1, 0.15) is 28.2 Å². The van der Waals surface area contributed by atoms with Crippen molar-refractivity contribution in [1.29, 1.82) is 0 Å². The Balaban J connectivity index is 2.57. The topological polar surface area (TPSA) is 40.5 Å². The first-order chi connectivity index (χ1) is 9.06. The van der Waals surface area contributed by atoms with E-state index in [9.17, 15) is 10.2 Å². The van der Waals surface area contributed by atoms with Gasteiger partial charge in [-0.2, -0.15) is 0 Å². The van der Waals surface area contributed by atoms with Crippen LogP contribution in [0.2, 0.25) is 0 Å². The van der Waals surface area contributed by atoms with Crippen LogP contribution in [-0.2, 0) is 0 Å². The average molecular weight is 321 g/mol. The highest BCUT2D eigenvalue weighted by Crippen LogP contribution is 2.35. The van der Waals surface area contributed by atoms with Crippen LogP contribution in [0.5, 0.6) is 11.5 Å². The van der Waals surface area contributed by atoms with Crippen molar-refractivity contribution in [1.82, 2.24) is 0 Å². The first-order valence-electron chi connectivity index (χ1n) is 6.19. The van der Waals surface area contributed by atoms with Gasteiger partial charge in [-0.05, 0) is 48.2 Å². The zero-order valence-corrected chi connectivity index (χ0v) is 12.6. The van der Waals surface area contributed by atoms with Gasteiger partial charge in [0.25, 0.3) is 0 Å². The third-order valence-corrected chi connectivity index (χ3v) is 4.25.